The Labute approximate surface area is 240 Å². The number of benzene rings is 2. The van der Waals surface area contributed by atoms with Crippen LogP contribution in [0.15, 0.2) is 42.5 Å². The van der Waals surface area contributed by atoms with Crippen molar-refractivity contribution in [3.63, 3.8) is 0 Å². The van der Waals surface area contributed by atoms with Crippen molar-refractivity contribution in [3.8, 4) is 11.5 Å². The van der Waals surface area contributed by atoms with Gasteiger partial charge >= 0.3 is 0 Å². The maximum Gasteiger partial charge on any atom is 0.165 e. The summed E-state index contributed by atoms with van der Waals surface area (Å²) in [7, 11) is 1.75. The molecular formula is C35H48N2O3. The van der Waals surface area contributed by atoms with Crippen molar-refractivity contribution in [2.75, 3.05) is 33.3 Å². The number of piperidine rings is 1. The highest BCUT2D eigenvalue weighted by Crippen LogP contribution is 2.66. The Morgan fingerprint density at radius 3 is 2.62 bits per heavy atom. The number of methoxy groups -OCH3 is 1. The third kappa shape index (κ3) is 4.22. The molecule has 0 aromatic heterocycles. The number of likely N-dealkylation sites (N-methyl/N-ethyl adjacent to an activating group) is 1. The molecule has 1 N–H and O–H groups in total. The third-order valence-corrected chi connectivity index (χ3v) is 11.3. The molecule has 3 fully saturated rings. The zero-order valence-corrected chi connectivity index (χ0v) is 24.6. The lowest BCUT2D eigenvalue weighted by atomic mass is 9.48. The molecule has 5 nitrogen and oxygen atoms in total. The molecule has 1 saturated heterocycles. The normalized spacial score (nSPS) is 32.1. The van der Waals surface area contributed by atoms with Gasteiger partial charge in [-0.1, -0.05) is 56.2 Å². The van der Waals surface area contributed by atoms with Gasteiger partial charge in [0.15, 0.2) is 11.5 Å². The minimum absolute atomic E-state index is 0.0137. The highest BCUT2D eigenvalue weighted by molar-refractivity contribution is 5.63. The van der Waals surface area contributed by atoms with Crippen molar-refractivity contribution in [1.82, 2.24) is 9.80 Å². The molecule has 0 amide bonds. The summed E-state index contributed by atoms with van der Waals surface area (Å²) in [6.45, 7) is 6.67. The molecule has 2 aliphatic heterocycles. The van der Waals surface area contributed by atoms with E-state index in [4.69, 9.17) is 9.47 Å². The summed E-state index contributed by atoms with van der Waals surface area (Å²) < 4.78 is 12.9. The van der Waals surface area contributed by atoms with Crippen LogP contribution in [0.1, 0.15) is 81.4 Å². The molecule has 2 bridgehead atoms. The number of hydrogen-bond acceptors (Lipinski definition) is 5. The monoisotopic (exact) mass is 544 g/mol. The molecule has 216 valence electrons. The first-order valence-electron chi connectivity index (χ1n) is 16.2. The van der Waals surface area contributed by atoms with Crippen LogP contribution < -0.4 is 9.47 Å². The molecule has 5 heteroatoms. The van der Waals surface area contributed by atoms with Crippen molar-refractivity contribution in [2.24, 2.45) is 5.92 Å². The topological polar surface area (TPSA) is 45.2 Å². The molecule has 2 heterocycles. The molecule has 2 aromatic carbocycles. The van der Waals surface area contributed by atoms with Gasteiger partial charge in [0.2, 0.25) is 0 Å². The molecule has 0 radical (unpaired) electrons. The largest absolute Gasteiger partial charge is 0.493 e. The van der Waals surface area contributed by atoms with E-state index < -0.39 is 5.60 Å². The van der Waals surface area contributed by atoms with Crippen LogP contribution in [0.3, 0.4) is 0 Å². The first-order valence-corrected chi connectivity index (χ1v) is 16.2. The predicted molar refractivity (Wildman–Crippen MR) is 159 cm³/mol. The number of likely N-dealkylation sites (tertiary alicyclic amines) is 1. The zero-order valence-electron chi connectivity index (χ0n) is 24.6. The molecule has 5 aliphatic rings. The van der Waals surface area contributed by atoms with Gasteiger partial charge in [0.25, 0.3) is 0 Å². The zero-order chi connectivity index (χ0) is 27.3. The second kappa shape index (κ2) is 10.6. The molecule has 2 saturated carbocycles. The molecule has 3 aliphatic carbocycles. The average Bonchev–Trinajstić information content (AvgIpc) is 3.72. The summed E-state index contributed by atoms with van der Waals surface area (Å²) in [5.41, 5.74) is 3.07. The second-order valence-electron chi connectivity index (χ2n) is 13.4. The van der Waals surface area contributed by atoms with Gasteiger partial charge in [0, 0.05) is 24.2 Å². The number of rotatable bonds is 12. The minimum atomic E-state index is -0.733. The fourth-order valence-electron chi connectivity index (χ4n) is 9.18. The summed E-state index contributed by atoms with van der Waals surface area (Å²) in [4.78, 5) is 5.35. The van der Waals surface area contributed by atoms with Crippen LogP contribution in [-0.4, -0.2) is 72.0 Å². The van der Waals surface area contributed by atoms with Gasteiger partial charge in [0.1, 0.15) is 6.10 Å². The summed E-state index contributed by atoms with van der Waals surface area (Å²) in [6.07, 6.45) is 12.7. The quantitative estimate of drug-likeness (QED) is 0.345. The number of aliphatic hydroxyl groups is 1. The summed E-state index contributed by atoms with van der Waals surface area (Å²) in [5.74, 6) is 2.60. The molecule has 2 aromatic rings. The van der Waals surface area contributed by atoms with Crippen LogP contribution in [0.4, 0.5) is 0 Å². The van der Waals surface area contributed by atoms with Crippen LogP contribution in [0.2, 0.25) is 0 Å². The first-order chi connectivity index (χ1) is 19.6. The third-order valence-electron chi connectivity index (χ3n) is 11.3. The number of aryl methyl sites for hydroxylation is 1. The molecular weight excluding hydrogens is 496 g/mol. The SMILES string of the molecule is CCN(CCCCCCc1ccccc1)[C@@H]1CC[C@@]2(O)[C@H]3Cc4ccc(OC)c5c4[C@@]2(CCN3CC2CC2)[C@H]1O5. The van der Waals surface area contributed by atoms with Gasteiger partial charge in [-0.05, 0) is 101 Å². The highest BCUT2D eigenvalue weighted by atomic mass is 16.5. The van der Waals surface area contributed by atoms with E-state index in [-0.39, 0.29) is 17.6 Å². The summed E-state index contributed by atoms with van der Waals surface area (Å²) >= 11 is 0. The summed E-state index contributed by atoms with van der Waals surface area (Å²) in [6, 6.07) is 15.8. The van der Waals surface area contributed by atoms with E-state index in [9.17, 15) is 5.11 Å². The van der Waals surface area contributed by atoms with E-state index in [1.807, 2.05) is 0 Å². The minimum Gasteiger partial charge on any atom is -0.493 e. The standard InChI is InChI=1S/C35H48N2O3/c1-3-36(21-10-5-4-7-11-25-12-8-6-9-13-25)28-18-19-35(38)30-23-27-16-17-29(39-2)32-31(27)34(35,33(28)40-32)20-22-37(30)24-26-14-15-26/h6,8-9,12-13,16-17,26,28,30,33,38H,3-5,7,10-11,14-15,18-24H2,1-2H3/t28-,30-,33+,34+,35-/m1/s1. The lowest BCUT2D eigenvalue weighted by Crippen LogP contribution is -2.78. The highest BCUT2D eigenvalue weighted by Gasteiger charge is 2.73. The van der Waals surface area contributed by atoms with Crippen LogP contribution in [0, 0.1) is 5.92 Å². The average molecular weight is 545 g/mol. The van der Waals surface area contributed by atoms with Gasteiger partial charge in [-0.25, -0.2) is 0 Å². The van der Waals surface area contributed by atoms with Crippen LogP contribution in [0.5, 0.6) is 11.5 Å². The van der Waals surface area contributed by atoms with E-state index in [1.165, 1.54) is 61.6 Å². The fourth-order valence-corrected chi connectivity index (χ4v) is 9.18. The molecule has 40 heavy (non-hydrogen) atoms. The van der Waals surface area contributed by atoms with Crippen molar-refractivity contribution in [3.05, 3.63) is 59.2 Å². The lowest BCUT2D eigenvalue weighted by molar-refractivity contribution is -0.200. The molecule has 7 rings (SSSR count). The van der Waals surface area contributed by atoms with Gasteiger partial charge in [-0.15, -0.1) is 0 Å². The van der Waals surface area contributed by atoms with E-state index in [0.717, 1.165) is 69.3 Å². The van der Waals surface area contributed by atoms with E-state index >= 15 is 0 Å². The van der Waals surface area contributed by atoms with Gasteiger partial charge in [-0.2, -0.15) is 0 Å². The number of hydrogen-bond donors (Lipinski definition) is 1. The van der Waals surface area contributed by atoms with Crippen LogP contribution in [0.25, 0.3) is 0 Å². The van der Waals surface area contributed by atoms with Gasteiger partial charge < -0.3 is 14.6 Å². The smallest absolute Gasteiger partial charge is 0.165 e. The Hall–Kier alpha value is -2.08. The van der Waals surface area contributed by atoms with Crippen molar-refractivity contribution in [2.45, 2.75) is 107 Å². The molecule has 0 unspecified atom stereocenters. The number of nitrogens with zero attached hydrogens (tertiary/aromatic N) is 2. The Morgan fingerprint density at radius 1 is 1.02 bits per heavy atom. The number of unbranched alkanes of at least 4 members (excludes halogenated alkanes) is 3. The predicted octanol–water partition coefficient (Wildman–Crippen LogP) is 5.75. The van der Waals surface area contributed by atoms with Crippen molar-refractivity contribution >= 4 is 0 Å². The Bertz CT molecular complexity index is 1200. The molecule has 1 spiro atoms. The van der Waals surface area contributed by atoms with E-state index in [2.05, 4.69) is 59.2 Å². The maximum atomic E-state index is 12.8. The first kappa shape index (κ1) is 26.8. The van der Waals surface area contributed by atoms with E-state index in [0.29, 0.717) is 6.04 Å². The Balaban J connectivity index is 1.10. The number of ether oxygens (including phenoxy) is 2. The maximum absolute atomic E-state index is 12.8. The molecule has 5 atom stereocenters. The van der Waals surface area contributed by atoms with Crippen molar-refractivity contribution < 1.29 is 14.6 Å². The Kier molecular flexibility index (Phi) is 7.13. The lowest BCUT2D eigenvalue weighted by Gasteiger charge is -2.65. The second-order valence-corrected chi connectivity index (χ2v) is 13.4. The Morgan fingerprint density at radius 2 is 1.85 bits per heavy atom. The summed E-state index contributed by atoms with van der Waals surface area (Å²) in [5, 5.41) is 12.8. The fraction of sp³-hybridized carbons (Fsp3) is 0.657. The van der Waals surface area contributed by atoms with Gasteiger partial charge in [-0.3, -0.25) is 9.80 Å². The van der Waals surface area contributed by atoms with Crippen LogP contribution >= 0.6 is 0 Å². The van der Waals surface area contributed by atoms with Gasteiger partial charge in [0.05, 0.1) is 18.1 Å². The van der Waals surface area contributed by atoms with Crippen molar-refractivity contribution in [1.29, 1.82) is 0 Å². The van der Waals surface area contributed by atoms with E-state index in [1.54, 1.807) is 7.11 Å². The van der Waals surface area contributed by atoms with Crippen LogP contribution in [-0.2, 0) is 18.3 Å².